The van der Waals surface area contributed by atoms with Crippen molar-refractivity contribution < 1.29 is 18.1 Å². The van der Waals surface area contributed by atoms with Crippen LogP contribution in [0.5, 0.6) is 0 Å². The van der Waals surface area contributed by atoms with E-state index < -0.39 is 27.4 Å². The summed E-state index contributed by atoms with van der Waals surface area (Å²) in [6.07, 6.45) is 0. The van der Waals surface area contributed by atoms with E-state index in [-0.39, 0.29) is 10.6 Å². The molecule has 3 aromatic rings. The van der Waals surface area contributed by atoms with Crippen LogP contribution in [0.25, 0.3) is 0 Å². The average Bonchev–Trinajstić information content (AvgIpc) is 2.80. The predicted octanol–water partition coefficient (Wildman–Crippen LogP) is 4.26. The van der Waals surface area contributed by atoms with E-state index in [1.54, 1.807) is 37.3 Å². The van der Waals surface area contributed by atoms with Gasteiger partial charge in [0.05, 0.1) is 21.2 Å². The van der Waals surface area contributed by atoms with Gasteiger partial charge in [0, 0.05) is 17.7 Å². The highest BCUT2D eigenvalue weighted by molar-refractivity contribution is 7.92. The smallest absolute Gasteiger partial charge is 0.270 e. The maximum absolute atomic E-state index is 13.5. The molecule has 3 aromatic carbocycles. The van der Waals surface area contributed by atoms with Gasteiger partial charge in [-0.25, -0.2) is 13.8 Å². The Morgan fingerprint density at radius 2 is 1.60 bits per heavy atom. The van der Waals surface area contributed by atoms with Crippen LogP contribution < -0.4 is 9.73 Å². The van der Waals surface area contributed by atoms with Crippen molar-refractivity contribution >= 4 is 33.0 Å². The van der Waals surface area contributed by atoms with Crippen LogP contribution in [0.1, 0.15) is 29.2 Å². The zero-order chi connectivity index (χ0) is 25.8. The number of carbonyl (C=O) groups is 1. The van der Waals surface area contributed by atoms with Gasteiger partial charge >= 0.3 is 0 Å². The number of anilines is 1. The minimum atomic E-state index is -4.06. The molecule has 0 aromatic heterocycles. The van der Waals surface area contributed by atoms with Gasteiger partial charge in [-0.2, -0.15) is 5.10 Å². The van der Waals surface area contributed by atoms with Crippen molar-refractivity contribution in [3.8, 4) is 0 Å². The van der Waals surface area contributed by atoms with E-state index in [4.69, 9.17) is 0 Å². The largest absolute Gasteiger partial charge is 0.271 e. The Morgan fingerprint density at radius 1 is 0.971 bits per heavy atom. The Bertz CT molecular complexity index is 1380. The maximum atomic E-state index is 13.5. The first kappa shape index (κ1) is 25.6. The molecule has 0 atom stereocenters. The number of hydrazone groups is 1. The first-order chi connectivity index (χ1) is 16.5. The molecule has 0 spiro atoms. The molecule has 0 aliphatic heterocycles. The number of rotatable bonds is 8. The topological polar surface area (TPSA) is 122 Å². The minimum absolute atomic E-state index is 0.0614. The zero-order valence-electron chi connectivity index (χ0n) is 19.8. The number of hydrogen-bond acceptors (Lipinski definition) is 6. The summed E-state index contributed by atoms with van der Waals surface area (Å²) in [5.74, 6) is -0.662. The number of hydrogen-bond donors (Lipinski definition) is 1. The van der Waals surface area contributed by atoms with Gasteiger partial charge in [-0.1, -0.05) is 35.9 Å². The molecule has 0 bridgehead atoms. The molecule has 0 saturated carbocycles. The Labute approximate surface area is 204 Å². The lowest BCUT2D eigenvalue weighted by Gasteiger charge is -2.24. The lowest BCUT2D eigenvalue weighted by atomic mass is 10.1. The van der Waals surface area contributed by atoms with Gasteiger partial charge in [0.25, 0.3) is 21.6 Å². The fourth-order valence-electron chi connectivity index (χ4n) is 3.47. The number of carbonyl (C=O) groups excluding carboxylic acids is 1. The summed E-state index contributed by atoms with van der Waals surface area (Å²) >= 11 is 0. The second-order valence-electron chi connectivity index (χ2n) is 8.21. The molecule has 1 N–H and O–H groups in total. The van der Waals surface area contributed by atoms with Crippen molar-refractivity contribution in [2.24, 2.45) is 5.10 Å². The molecule has 182 valence electrons. The van der Waals surface area contributed by atoms with Gasteiger partial charge in [-0.05, 0) is 63.1 Å². The van der Waals surface area contributed by atoms with E-state index in [2.05, 4.69) is 10.5 Å². The third-order valence-electron chi connectivity index (χ3n) is 5.21. The third-order valence-corrected chi connectivity index (χ3v) is 7.00. The van der Waals surface area contributed by atoms with Crippen LogP contribution in [0.2, 0.25) is 0 Å². The molecule has 0 saturated heterocycles. The van der Waals surface area contributed by atoms with Crippen LogP contribution in [-0.2, 0) is 14.8 Å². The zero-order valence-corrected chi connectivity index (χ0v) is 20.7. The molecule has 3 rings (SSSR count). The number of nitrogens with zero attached hydrogens (tertiary/aromatic N) is 3. The van der Waals surface area contributed by atoms with Crippen molar-refractivity contribution in [3.63, 3.8) is 0 Å². The second-order valence-corrected chi connectivity index (χ2v) is 10.1. The average molecular weight is 495 g/mol. The summed E-state index contributed by atoms with van der Waals surface area (Å²) in [5, 5.41) is 15.0. The molecule has 0 fully saturated rings. The lowest BCUT2D eigenvalue weighted by molar-refractivity contribution is -0.384. The molecule has 0 aliphatic carbocycles. The quantitative estimate of drug-likeness (QED) is 0.285. The molecule has 0 radical (unpaired) electrons. The lowest BCUT2D eigenvalue weighted by Crippen LogP contribution is -2.39. The van der Waals surface area contributed by atoms with E-state index in [0.717, 1.165) is 21.0 Å². The van der Waals surface area contributed by atoms with Crippen molar-refractivity contribution in [2.45, 2.75) is 32.6 Å². The van der Waals surface area contributed by atoms with Crippen molar-refractivity contribution in [1.82, 2.24) is 5.43 Å². The van der Waals surface area contributed by atoms with Crippen LogP contribution in [0, 0.1) is 30.9 Å². The van der Waals surface area contributed by atoms with Crippen molar-refractivity contribution in [3.05, 3.63) is 99.1 Å². The van der Waals surface area contributed by atoms with Gasteiger partial charge in [0.15, 0.2) is 0 Å². The summed E-state index contributed by atoms with van der Waals surface area (Å²) < 4.78 is 28.1. The molecule has 0 aliphatic rings. The summed E-state index contributed by atoms with van der Waals surface area (Å²) in [7, 11) is -4.06. The molecule has 35 heavy (non-hydrogen) atoms. The summed E-state index contributed by atoms with van der Waals surface area (Å²) in [6, 6.07) is 17.5. The predicted molar refractivity (Wildman–Crippen MR) is 135 cm³/mol. The molecular formula is C25H26N4O5S. The second kappa shape index (κ2) is 10.5. The highest BCUT2D eigenvalue weighted by Gasteiger charge is 2.27. The van der Waals surface area contributed by atoms with E-state index in [1.807, 2.05) is 26.8 Å². The van der Waals surface area contributed by atoms with E-state index in [1.165, 1.54) is 30.3 Å². The van der Waals surface area contributed by atoms with Gasteiger partial charge in [0.2, 0.25) is 0 Å². The number of benzene rings is 3. The minimum Gasteiger partial charge on any atom is -0.271 e. The monoisotopic (exact) mass is 494 g/mol. The molecule has 0 unspecified atom stereocenters. The summed E-state index contributed by atoms with van der Waals surface area (Å²) in [6.45, 7) is 6.63. The summed E-state index contributed by atoms with van der Waals surface area (Å²) in [4.78, 5) is 23.4. The number of aryl methyl sites for hydroxylation is 3. The highest BCUT2D eigenvalue weighted by atomic mass is 32.2. The Kier molecular flexibility index (Phi) is 7.65. The van der Waals surface area contributed by atoms with Crippen LogP contribution >= 0.6 is 0 Å². The van der Waals surface area contributed by atoms with Crippen LogP contribution in [0.4, 0.5) is 11.4 Å². The number of nitro benzene ring substituents is 1. The standard InChI is InChI=1S/C25H26N4O5S/c1-17-8-10-24(11-9-17)35(33,34)28(23-13-18(2)12-19(3)14-23)16-25(30)27-26-20(4)21-6-5-7-22(15-21)29(31)32/h5-15H,16H2,1-4H3,(H,27,30)/b26-20-. The Hall–Kier alpha value is -4.05. The van der Waals surface area contributed by atoms with Gasteiger partial charge < -0.3 is 0 Å². The van der Waals surface area contributed by atoms with Crippen LogP contribution in [0.3, 0.4) is 0 Å². The molecule has 10 heteroatoms. The third kappa shape index (κ3) is 6.30. The van der Waals surface area contributed by atoms with Gasteiger partial charge in [-0.3, -0.25) is 19.2 Å². The van der Waals surface area contributed by atoms with E-state index >= 15 is 0 Å². The number of nitro groups is 1. The van der Waals surface area contributed by atoms with Gasteiger partial charge in [0.1, 0.15) is 6.54 Å². The Balaban J connectivity index is 1.90. The van der Waals surface area contributed by atoms with Gasteiger partial charge in [-0.15, -0.1) is 0 Å². The van der Waals surface area contributed by atoms with Crippen LogP contribution in [0.15, 0.2) is 76.7 Å². The number of amides is 1. The fourth-order valence-corrected chi connectivity index (χ4v) is 4.87. The molecular weight excluding hydrogens is 468 g/mol. The maximum Gasteiger partial charge on any atom is 0.270 e. The SMILES string of the molecule is C/C(=N/NC(=O)CN(c1cc(C)cc(C)c1)S(=O)(=O)c1ccc(C)cc1)c1cccc([N+](=O)[O-])c1. The first-order valence-electron chi connectivity index (χ1n) is 10.7. The number of non-ortho nitro benzene ring substituents is 1. The number of nitrogens with one attached hydrogen (secondary N) is 1. The molecule has 1 amide bonds. The first-order valence-corrected chi connectivity index (χ1v) is 12.2. The molecule has 0 heterocycles. The Morgan fingerprint density at radius 3 is 2.20 bits per heavy atom. The highest BCUT2D eigenvalue weighted by Crippen LogP contribution is 2.26. The fraction of sp³-hybridized carbons (Fsp3) is 0.200. The van der Waals surface area contributed by atoms with Crippen LogP contribution in [-0.4, -0.2) is 31.5 Å². The van der Waals surface area contributed by atoms with Crippen molar-refractivity contribution in [1.29, 1.82) is 0 Å². The van der Waals surface area contributed by atoms with E-state index in [0.29, 0.717) is 17.0 Å². The van der Waals surface area contributed by atoms with Crippen molar-refractivity contribution in [2.75, 3.05) is 10.8 Å². The number of sulfonamides is 1. The normalized spacial score (nSPS) is 11.7. The van der Waals surface area contributed by atoms with E-state index in [9.17, 15) is 23.3 Å². The molecule has 9 nitrogen and oxygen atoms in total. The summed E-state index contributed by atoms with van der Waals surface area (Å²) in [5.41, 5.74) is 6.02.